The molecule has 1 heterocycles. The number of anilines is 1. The van der Waals surface area contributed by atoms with Gasteiger partial charge in [-0.3, -0.25) is 4.79 Å². The SMILES string of the molecule is COc1ccc(Cl)cc1NC(=O)CCN(C)Cc1sccc1C. The average Bonchev–Trinajstić information content (AvgIpc) is 2.91. The second-order valence-corrected chi connectivity index (χ2v) is 6.84. The quantitative estimate of drug-likeness (QED) is 0.812. The van der Waals surface area contributed by atoms with Crippen LogP contribution in [0.2, 0.25) is 5.02 Å². The minimum Gasteiger partial charge on any atom is -0.495 e. The van der Waals surface area contributed by atoms with Gasteiger partial charge in [0.05, 0.1) is 12.8 Å². The lowest BCUT2D eigenvalue weighted by Crippen LogP contribution is -2.24. The lowest BCUT2D eigenvalue weighted by Gasteiger charge is -2.16. The van der Waals surface area contributed by atoms with Crippen LogP contribution in [0.15, 0.2) is 29.6 Å². The van der Waals surface area contributed by atoms with Crippen LogP contribution in [0.25, 0.3) is 0 Å². The fourth-order valence-corrected chi connectivity index (χ4v) is 3.33. The van der Waals surface area contributed by atoms with E-state index in [1.807, 2.05) is 7.05 Å². The van der Waals surface area contributed by atoms with Gasteiger partial charge in [-0.1, -0.05) is 11.6 Å². The summed E-state index contributed by atoms with van der Waals surface area (Å²) in [4.78, 5) is 15.6. The van der Waals surface area contributed by atoms with Crippen molar-refractivity contribution in [3.8, 4) is 5.75 Å². The predicted octanol–water partition coefficient (Wildman–Crippen LogP) is 4.18. The molecule has 0 saturated carbocycles. The second kappa shape index (κ2) is 8.34. The molecule has 0 unspecified atom stereocenters. The summed E-state index contributed by atoms with van der Waals surface area (Å²) in [6, 6.07) is 7.28. The number of aryl methyl sites for hydroxylation is 1. The molecule has 4 nitrogen and oxygen atoms in total. The van der Waals surface area contributed by atoms with Crippen LogP contribution >= 0.6 is 22.9 Å². The predicted molar refractivity (Wildman–Crippen MR) is 96.6 cm³/mol. The standard InChI is InChI=1S/C17H21ClN2O2S/c1-12-7-9-23-16(12)11-20(2)8-6-17(21)19-14-10-13(18)4-5-15(14)22-3/h4-5,7,9-10H,6,8,11H2,1-3H3,(H,19,21). The number of halogens is 1. The molecule has 0 spiro atoms. The van der Waals surface area contributed by atoms with Crippen molar-refractivity contribution >= 4 is 34.5 Å². The zero-order valence-corrected chi connectivity index (χ0v) is 15.1. The highest BCUT2D eigenvalue weighted by molar-refractivity contribution is 7.10. The normalized spacial score (nSPS) is 10.8. The summed E-state index contributed by atoms with van der Waals surface area (Å²) in [5.74, 6) is 0.547. The van der Waals surface area contributed by atoms with Crippen LogP contribution in [-0.4, -0.2) is 31.5 Å². The Balaban J connectivity index is 1.85. The van der Waals surface area contributed by atoms with Crippen LogP contribution < -0.4 is 10.1 Å². The Hall–Kier alpha value is -1.56. The fraction of sp³-hybridized carbons (Fsp3) is 0.353. The van der Waals surface area contributed by atoms with Crippen molar-refractivity contribution in [1.29, 1.82) is 0 Å². The van der Waals surface area contributed by atoms with Crippen LogP contribution in [-0.2, 0) is 11.3 Å². The molecule has 0 aliphatic carbocycles. The van der Waals surface area contributed by atoms with E-state index in [0.29, 0.717) is 29.4 Å². The number of carbonyl (C=O) groups excluding carboxylic acids is 1. The van der Waals surface area contributed by atoms with Crippen LogP contribution in [0.5, 0.6) is 5.75 Å². The molecule has 2 rings (SSSR count). The van der Waals surface area contributed by atoms with Gasteiger partial charge >= 0.3 is 0 Å². The molecule has 0 saturated heterocycles. The Morgan fingerprint density at radius 1 is 1.39 bits per heavy atom. The molecule has 1 N–H and O–H groups in total. The molecule has 1 aromatic carbocycles. The first-order valence-electron chi connectivity index (χ1n) is 7.34. The van der Waals surface area contributed by atoms with E-state index in [1.165, 1.54) is 10.4 Å². The molecule has 1 amide bonds. The van der Waals surface area contributed by atoms with E-state index in [4.69, 9.17) is 16.3 Å². The lowest BCUT2D eigenvalue weighted by atomic mass is 10.2. The third kappa shape index (κ3) is 5.23. The lowest BCUT2D eigenvalue weighted by molar-refractivity contribution is -0.116. The summed E-state index contributed by atoms with van der Waals surface area (Å²) in [5, 5.41) is 5.51. The molecule has 0 fully saturated rings. The van der Waals surface area contributed by atoms with Gasteiger partial charge in [0.15, 0.2) is 0 Å². The van der Waals surface area contributed by atoms with Crippen molar-refractivity contribution in [2.24, 2.45) is 0 Å². The van der Waals surface area contributed by atoms with E-state index >= 15 is 0 Å². The van der Waals surface area contributed by atoms with Crippen molar-refractivity contribution in [3.63, 3.8) is 0 Å². The van der Waals surface area contributed by atoms with Crippen LogP contribution in [0.3, 0.4) is 0 Å². The van der Waals surface area contributed by atoms with Crippen molar-refractivity contribution in [2.75, 3.05) is 26.0 Å². The van der Waals surface area contributed by atoms with Gasteiger partial charge in [-0.15, -0.1) is 11.3 Å². The molecule has 23 heavy (non-hydrogen) atoms. The number of methoxy groups -OCH3 is 1. The molecular weight excluding hydrogens is 332 g/mol. The van der Waals surface area contributed by atoms with E-state index in [1.54, 1.807) is 36.6 Å². The maximum atomic E-state index is 12.1. The Morgan fingerprint density at radius 3 is 2.83 bits per heavy atom. The van der Waals surface area contributed by atoms with Crippen LogP contribution in [0.4, 0.5) is 5.69 Å². The van der Waals surface area contributed by atoms with E-state index in [9.17, 15) is 4.79 Å². The minimum atomic E-state index is -0.0553. The largest absolute Gasteiger partial charge is 0.495 e. The topological polar surface area (TPSA) is 41.6 Å². The maximum Gasteiger partial charge on any atom is 0.225 e. The number of ether oxygens (including phenoxy) is 1. The minimum absolute atomic E-state index is 0.0553. The average molecular weight is 353 g/mol. The number of thiophene rings is 1. The summed E-state index contributed by atoms with van der Waals surface area (Å²) < 4.78 is 5.23. The molecular formula is C17H21ClN2O2S. The summed E-state index contributed by atoms with van der Waals surface area (Å²) in [6.45, 7) is 3.65. The van der Waals surface area contributed by atoms with Crippen LogP contribution in [0, 0.1) is 6.92 Å². The molecule has 1 aromatic heterocycles. The Morgan fingerprint density at radius 2 is 2.17 bits per heavy atom. The number of hydrogen-bond donors (Lipinski definition) is 1. The molecule has 124 valence electrons. The van der Waals surface area contributed by atoms with Gasteiger partial charge in [-0.25, -0.2) is 0 Å². The third-order valence-electron chi connectivity index (χ3n) is 3.54. The van der Waals surface area contributed by atoms with Crippen molar-refractivity contribution in [1.82, 2.24) is 4.90 Å². The molecule has 0 radical (unpaired) electrons. The van der Waals surface area contributed by atoms with Crippen molar-refractivity contribution < 1.29 is 9.53 Å². The van der Waals surface area contributed by atoms with Gasteiger partial charge in [0.2, 0.25) is 5.91 Å². The molecule has 2 aromatic rings. The van der Waals surface area contributed by atoms with E-state index in [0.717, 1.165) is 6.54 Å². The smallest absolute Gasteiger partial charge is 0.225 e. The van der Waals surface area contributed by atoms with E-state index < -0.39 is 0 Å². The fourth-order valence-electron chi connectivity index (χ4n) is 2.17. The first-order valence-corrected chi connectivity index (χ1v) is 8.60. The highest BCUT2D eigenvalue weighted by Crippen LogP contribution is 2.27. The summed E-state index contributed by atoms with van der Waals surface area (Å²) >= 11 is 7.71. The van der Waals surface area contributed by atoms with Gasteiger partial charge in [0.25, 0.3) is 0 Å². The van der Waals surface area contributed by atoms with Gasteiger partial charge < -0.3 is 15.0 Å². The van der Waals surface area contributed by atoms with Crippen LogP contribution in [0.1, 0.15) is 16.9 Å². The summed E-state index contributed by atoms with van der Waals surface area (Å²) in [7, 11) is 3.59. The zero-order valence-electron chi connectivity index (χ0n) is 13.6. The first kappa shape index (κ1) is 17.8. The molecule has 0 aliphatic rings. The third-order valence-corrected chi connectivity index (χ3v) is 4.78. The number of carbonyl (C=O) groups is 1. The van der Waals surface area contributed by atoms with Crippen molar-refractivity contribution in [2.45, 2.75) is 19.9 Å². The monoisotopic (exact) mass is 352 g/mol. The highest BCUT2D eigenvalue weighted by Gasteiger charge is 2.10. The van der Waals surface area contributed by atoms with Crippen molar-refractivity contribution in [3.05, 3.63) is 45.1 Å². The van der Waals surface area contributed by atoms with Gasteiger partial charge in [-0.2, -0.15) is 0 Å². The first-order chi connectivity index (χ1) is 11.0. The molecule has 0 aliphatic heterocycles. The number of rotatable bonds is 7. The second-order valence-electron chi connectivity index (χ2n) is 5.41. The number of benzene rings is 1. The number of nitrogens with zero attached hydrogens (tertiary/aromatic N) is 1. The Kier molecular flexibility index (Phi) is 6.45. The number of amides is 1. The molecule has 0 atom stereocenters. The number of hydrogen-bond acceptors (Lipinski definition) is 4. The summed E-state index contributed by atoms with van der Waals surface area (Å²) in [6.07, 6.45) is 0.413. The molecule has 0 bridgehead atoms. The van der Waals surface area contributed by atoms with Gasteiger partial charge in [0, 0.05) is 29.4 Å². The zero-order chi connectivity index (χ0) is 16.8. The van der Waals surface area contributed by atoms with E-state index in [-0.39, 0.29) is 5.91 Å². The molecule has 6 heteroatoms. The van der Waals surface area contributed by atoms with E-state index in [2.05, 4.69) is 28.6 Å². The Bertz CT molecular complexity index is 672. The Labute approximate surface area is 146 Å². The van der Waals surface area contributed by atoms with Gasteiger partial charge in [-0.05, 0) is 49.2 Å². The summed E-state index contributed by atoms with van der Waals surface area (Å²) in [5.41, 5.74) is 1.90. The maximum absolute atomic E-state index is 12.1. The highest BCUT2D eigenvalue weighted by atomic mass is 35.5. The number of nitrogens with one attached hydrogen (secondary N) is 1. The van der Waals surface area contributed by atoms with Gasteiger partial charge in [0.1, 0.15) is 5.75 Å².